The van der Waals surface area contributed by atoms with Crippen molar-refractivity contribution in [3.05, 3.63) is 71.5 Å². The zero-order valence-corrected chi connectivity index (χ0v) is 18.4. The molecule has 0 atom stereocenters. The first-order chi connectivity index (χ1) is 16.1. The van der Waals surface area contributed by atoms with Gasteiger partial charge in [-0.2, -0.15) is 0 Å². The van der Waals surface area contributed by atoms with Gasteiger partial charge in [-0.25, -0.2) is 9.97 Å². The average molecular weight is 447 g/mol. The molecule has 1 aromatic heterocycles. The number of hydrogen-bond donors (Lipinski definition) is 3. The van der Waals surface area contributed by atoms with Gasteiger partial charge in [0.25, 0.3) is 11.8 Å². The van der Waals surface area contributed by atoms with Gasteiger partial charge in [0, 0.05) is 43.5 Å². The summed E-state index contributed by atoms with van der Waals surface area (Å²) in [4.78, 5) is 35.6. The number of amides is 2. The van der Waals surface area contributed by atoms with Crippen molar-refractivity contribution in [2.24, 2.45) is 0 Å². The van der Waals surface area contributed by atoms with Crippen LogP contribution in [0.4, 0.5) is 11.5 Å². The Morgan fingerprint density at radius 3 is 2.67 bits per heavy atom. The predicted octanol–water partition coefficient (Wildman–Crippen LogP) is 1.85. The Hall–Kier alpha value is -3.98. The molecule has 0 radical (unpaired) electrons. The van der Waals surface area contributed by atoms with Crippen LogP contribution >= 0.6 is 0 Å². The molecule has 2 heterocycles. The van der Waals surface area contributed by atoms with Gasteiger partial charge < -0.3 is 26.0 Å². The van der Waals surface area contributed by atoms with Crippen LogP contribution < -0.4 is 21.3 Å². The molecular weight excluding hydrogens is 420 g/mol. The molecule has 9 heteroatoms. The molecule has 0 saturated carbocycles. The van der Waals surface area contributed by atoms with Crippen molar-refractivity contribution in [3.8, 4) is 11.3 Å². The first-order valence-corrected chi connectivity index (χ1v) is 10.7. The maximum atomic E-state index is 12.9. The number of anilines is 2. The van der Waals surface area contributed by atoms with Crippen LogP contribution in [0.2, 0.25) is 0 Å². The van der Waals surface area contributed by atoms with Gasteiger partial charge in [0.2, 0.25) is 0 Å². The standard InChI is InChI=1S/C24H26N6O3/c1-26-24(32)21-22(25)27-15-19(29-21)16-6-4-7-17(13-16)23(31)28-14-18-5-2-3-8-20(18)30-9-11-33-12-10-30/h2-8,13,15H,9-12,14H2,1H3,(H2,25,27)(H,26,32)(H,28,31). The van der Waals surface area contributed by atoms with Crippen LogP contribution in [0.3, 0.4) is 0 Å². The second-order valence-electron chi connectivity index (χ2n) is 7.56. The first kappa shape index (κ1) is 22.2. The number of nitrogens with zero attached hydrogens (tertiary/aromatic N) is 3. The SMILES string of the molecule is CNC(=O)c1nc(-c2cccc(C(=O)NCc3ccccc3N3CCOCC3)c2)cnc1N. The number of ether oxygens (including phenoxy) is 1. The summed E-state index contributed by atoms with van der Waals surface area (Å²) in [5, 5.41) is 5.50. The van der Waals surface area contributed by atoms with Gasteiger partial charge in [-0.05, 0) is 23.8 Å². The molecule has 4 rings (SSSR count). The van der Waals surface area contributed by atoms with E-state index < -0.39 is 5.91 Å². The number of morpholine rings is 1. The largest absolute Gasteiger partial charge is 0.382 e. The summed E-state index contributed by atoms with van der Waals surface area (Å²) in [6, 6.07) is 15.1. The fourth-order valence-corrected chi connectivity index (χ4v) is 3.69. The van der Waals surface area contributed by atoms with E-state index in [1.54, 1.807) is 24.3 Å². The van der Waals surface area contributed by atoms with E-state index in [0.717, 1.165) is 24.3 Å². The molecule has 170 valence electrons. The third-order valence-electron chi connectivity index (χ3n) is 5.45. The van der Waals surface area contributed by atoms with Gasteiger partial charge in [0.1, 0.15) is 0 Å². The Morgan fingerprint density at radius 2 is 1.88 bits per heavy atom. The minimum absolute atomic E-state index is 0.0459. The maximum Gasteiger partial charge on any atom is 0.273 e. The van der Waals surface area contributed by atoms with E-state index in [-0.39, 0.29) is 17.4 Å². The molecule has 0 aliphatic carbocycles. The molecule has 1 aliphatic heterocycles. The molecule has 2 aromatic carbocycles. The van der Waals surface area contributed by atoms with Crippen molar-refractivity contribution < 1.29 is 14.3 Å². The first-order valence-electron chi connectivity index (χ1n) is 10.7. The van der Waals surface area contributed by atoms with Crippen LogP contribution in [-0.4, -0.2) is 55.1 Å². The molecule has 1 saturated heterocycles. The normalized spacial score (nSPS) is 13.4. The lowest BCUT2D eigenvalue weighted by Crippen LogP contribution is -2.37. The maximum absolute atomic E-state index is 12.9. The number of nitrogens with two attached hydrogens (primary N) is 1. The Bertz CT molecular complexity index is 1160. The zero-order valence-electron chi connectivity index (χ0n) is 18.4. The highest BCUT2D eigenvalue weighted by atomic mass is 16.5. The van der Waals surface area contributed by atoms with Gasteiger partial charge in [-0.3, -0.25) is 9.59 Å². The number of hydrogen-bond acceptors (Lipinski definition) is 7. The van der Waals surface area contributed by atoms with E-state index in [9.17, 15) is 9.59 Å². The molecule has 0 unspecified atom stereocenters. The molecule has 4 N–H and O–H groups in total. The molecule has 0 bridgehead atoms. The highest BCUT2D eigenvalue weighted by Crippen LogP contribution is 2.22. The Labute approximate surface area is 192 Å². The van der Waals surface area contributed by atoms with Gasteiger partial charge >= 0.3 is 0 Å². The predicted molar refractivity (Wildman–Crippen MR) is 126 cm³/mol. The Balaban J connectivity index is 1.50. The molecule has 9 nitrogen and oxygen atoms in total. The number of rotatable bonds is 6. The van der Waals surface area contributed by atoms with Crippen LogP contribution in [0.5, 0.6) is 0 Å². The third kappa shape index (κ3) is 5.09. The van der Waals surface area contributed by atoms with Crippen molar-refractivity contribution in [2.75, 3.05) is 44.0 Å². The van der Waals surface area contributed by atoms with Crippen molar-refractivity contribution in [2.45, 2.75) is 6.54 Å². The van der Waals surface area contributed by atoms with Crippen molar-refractivity contribution >= 4 is 23.3 Å². The summed E-state index contributed by atoms with van der Waals surface area (Å²) >= 11 is 0. The monoisotopic (exact) mass is 446 g/mol. The van der Waals surface area contributed by atoms with Crippen molar-refractivity contribution in [3.63, 3.8) is 0 Å². The van der Waals surface area contributed by atoms with Gasteiger partial charge in [0.05, 0.1) is 25.1 Å². The van der Waals surface area contributed by atoms with Crippen LogP contribution in [0.15, 0.2) is 54.7 Å². The van der Waals surface area contributed by atoms with Gasteiger partial charge in [-0.15, -0.1) is 0 Å². The average Bonchev–Trinajstić information content (AvgIpc) is 2.88. The van der Waals surface area contributed by atoms with Crippen LogP contribution in [0.25, 0.3) is 11.3 Å². The zero-order chi connectivity index (χ0) is 23.2. The number of benzene rings is 2. The number of aromatic nitrogens is 2. The molecule has 2 amide bonds. The molecule has 0 spiro atoms. The number of nitrogens with one attached hydrogen (secondary N) is 2. The fourth-order valence-electron chi connectivity index (χ4n) is 3.69. The number of carbonyl (C=O) groups excluding carboxylic acids is 2. The van der Waals surface area contributed by atoms with Crippen LogP contribution in [0, 0.1) is 0 Å². The quantitative estimate of drug-likeness (QED) is 0.528. The molecule has 3 aromatic rings. The number of para-hydroxylation sites is 1. The lowest BCUT2D eigenvalue weighted by Gasteiger charge is -2.30. The summed E-state index contributed by atoms with van der Waals surface area (Å²) < 4.78 is 5.45. The van der Waals surface area contributed by atoms with E-state index in [2.05, 4.69) is 31.6 Å². The lowest BCUT2D eigenvalue weighted by atomic mass is 10.1. The number of carbonyl (C=O) groups is 2. The number of nitrogen functional groups attached to an aromatic ring is 1. The minimum atomic E-state index is -0.422. The Morgan fingerprint density at radius 1 is 1.09 bits per heavy atom. The summed E-state index contributed by atoms with van der Waals surface area (Å²) in [5.41, 5.74) is 9.57. The molecule has 1 fully saturated rings. The molecular formula is C24H26N6O3. The minimum Gasteiger partial charge on any atom is -0.382 e. The fraction of sp³-hybridized carbons (Fsp3) is 0.250. The van der Waals surface area contributed by atoms with Crippen LogP contribution in [0.1, 0.15) is 26.4 Å². The summed E-state index contributed by atoms with van der Waals surface area (Å²) in [5.74, 6) is -0.579. The third-order valence-corrected chi connectivity index (χ3v) is 5.45. The van der Waals surface area contributed by atoms with E-state index >= 15 is 0 Å². The lowest BCUT2D eigenvalue weighted by molar-refractivity contribution is 0.0945. The highest BCUT2D eigenvalue weighted by molar-refractivity contribution is 5.97. The Kier molecular flexibility index (Phi) is 6.80. The van der Waals surface area contributed by atoms with E-state index in [1.807, 2.05) is 18.2 Å². The second-order valence-corrected chi connectivity index (χ2v) is 7.56. The summed E-state index contributed by atoms with van der Waals surface area (Å²) in [6.07, 6.45) is 1.48. The topological polar surface area (TPSA) is 122 Å². The van der Waals surface area contributed by atoms with E-state index in [1.165, 1.54) is 13.2 Å². The second kappa shape index (κ2) is 10.1. The van der Waals surface area contributed by atoms with E-state index in [4.69, 9.17) is 10.5 Å². The van der Waals surface area contributed by atoms with Crippen LogP contribution in [-0.2, 0) is 11.3 Å². The van der Waals surface area contributed by atoms with Crippen molar-refractivity contribution in [1.82, 2.24) is 20.6 Å². The summed E-state index contributed by atoms with van der Waals surface area (Å²) in [7, 11) is 1.50. The van der Waals surface area contributed by atoms with Gasteiger partial charge in [0.15, 0.2) is 11.5 Å². The van der Waals surface area contributed by atoms with Crippen molar-refractivity contribution in [1.29, 1.82) is 0 Å². The smallest absolute Gasteiger partial charge is 0.273 e. The molecule has 1 aliphatic rings. The summed E-state index contributed by atoms with van der Waals surface area (Å²) in [6.45, 7) is 3.45. The highest BCUT2D eigenvalue weighted by Gasteiger charge is 2.16. The van der Waals surface area contributed by atoms with E-state index in [0.29, 0.717) is 36.6 Å². The van der Waals surface area contributed by atoms with Gasteiger partial charge in [-0.1, -0.05) is 30.3 Å². The molecule has 33 heavy (non-hydrogen) atoms.